The van der Waals surface area contributed by atoms with E-state index < -0.39 is 0 Å². The molecule has 0 radical (unpaired) electrons. The molecule has 0 aliphatic carbocycles. The van der Waals surface area contributed by atoms with E-state index in [1.54, 1.807) is 38.5 Å². The second kappa shape index (κ2) is 8.82. The van der Waals surface area contributed by atoms with Gasteiger partial charge in [0.1, 0.15) is 5.75 Å². The lowest BCUT2D eigenvalue weighted by atomic mass is 10.1. The average Bonchev–Trinajstić information content (AvgIpc) is 2.64. The molecule has 128 valence electrons. The van der Waals surface area contributed by atoms with E-state index in [4.69, 9.17) is 14.2 Å². The number of hydrogen-bond acceptors (Lipinski definition) is 4. The van der Waals surface area contributed by atoms with E-state index in [1.165, 1.54) is 0 Å². The van der Waals surface area contributed by atoms with Crippen molar-refractivity contribution in [2.75, 3.05) is 20.8 Å². The quantitative estimate of drug-likeness (QED) is 0.806. The molecule has 0 saturated heterocycles. The van der Waals surface area contributed by atoms with Gasteiger partial charge in [-0.2, -0.15) is 0 Å². The second-order valence-corrected chi connectivity index (χ2v) is 5.25. The zero-order valence-electron chi connectivity index (χ0n) is 14.3. The van der Waals surface area contributed by atoms with Crippen molar-refractivity contribution in [1.29, 1.82) is 0 Å². The van der Waals surface area contributed by atoms with Crippen molar-refractivity contribution in [1.82, 2.24) is 5.32 Å². The maximum atomic E-state index is 12.2. The number of nitrogens with one attached hydrogen (secondary N) is 1. The molecule has 0 aliphatic rings. The summed E-state index contributed by atoms with van der Waals surface area (Å²) in [5.74, 6) is 1.87. The molecule has 0 saturated carbocycles. The number of hydrogen-bond donors (Lipinski definition) is 1. The van der Waals surface area contributed by atoms with Crippen LogP contribution in [-0.4, -0.2) is 26.7 Å². The molecular weight excluding hydrogens is 306 g/mol. The number of ether oxygens (including phenoxy) is 3. The van der Waals surface area contributed by atoms with E-state index in [0.717, 1.165) is 12.0 Å². The minimum atomic E-state index is -0.154. The first-order chi connectivity index (χ1) is 11.7. The Bertz CT molecular complexity index is 685. The zero-order chi connectivity index (χ0) is 17.4. The molecule has 0 fully saturated rings. The van der Waals surface area contributed by atoms with Crippen molar-refractivity contribution in [2.24, 2.45) is 0 Å². The number of methoxy groups -OCH3 is 2. The van der Waals surface area contributed by atoms with Crippen LogP contribution in [0.1, 0.15) is 29.3 Å². The first kappa shape index (κ1) is 17.7. The van der Waals surface area contributed by atoms with Crippen LogP contribution in [0.25, 0.3) is 0 Å². The van der Waals surface area contributed by atoms with E-state index in [-0.39, 0.29) is 5.91 Å². The first-order valence-corrected chi connectivity index (χ1v) is 7.90. The van der Waals surface area contributed by atoms with Crippen molar-refractivity contribution in [3.63, 3.8) is 0 Å². The van der Waals surface area contributed by atoms with E-state index in [9.17, 15) is 4.79 Å². The standard InChI is InChI=1S/C19H23NO4/c1-4-10-24-17-9-8-14(11-18(17)23-3)13-20-19(21)15-6-5-7-16(12-15)22-2/h5-9,11-12H,4,10,13H2,1-3H3,(H,20,21). The molecule has 24 heavy (non-hydrogen) atoms. The molecular formula is C19H23NO4. The molecule has 1 N–H and O–H groups in total. The monoisotopic (exact) mass is 329 g/mol. The van der Waals surface area contributed by atoms with Crippen LogP contribution in [0.3, 0.4) is 0 Å². The van der Waals surface area contributed by atoms with Crippen molar-refractivity contribution < 1.29 is 19.0 Å². The molecule has 2 aromatic carbocycles. The topological polar surface area (TPSA) is 56.8 Å². The number of rotatable bonds is 8. The number of amides is 1. The molecule has 2 rings (SSSR count). The highest BCUT2D eigenvalue weighted by Gasteiger charge is 2.09. The molecule has 0 atom stereocenters. The minimum absolute atomic E-state index is 0.154. The van der Waals surface area contributed by atoms with Crippen LogP contribution >= 0.6 is 0 Å². The summed E-state index contributed by atoms with van der Waals surface area (Å²) in [6, 6.07) is 12.7. The van der Waals surface area contributed by atoms with Gasteiger partial charge in [0.15, 0.2) is 11.5 Å². The highest BCUT2D eigenvalue weighted by molar-refractivity contribution is 5.94. The van der Waals surface area contributed by atoms with Gasteiger partial charge in [-0.3, -0.25) is 4.79 Å². The van der Waals surface area contributed by atoms with Crippen LogP contribution in [0.4, 0.5) is 0 Å². The predicted molar refractivity (Wildman–Crippen MR) is 92.9 cm³/mol. The van der Waals surface area contributed by atoms with Crippen molar-refractivity contribution in [3.8, 4) is 17.2 Å². The fourth-order valence-corrected chi connectivity index (χ4v) is 2.20. The SMILES string of the molecule is CCCOc1ccc(CNC(=O)c2cccc(OC)c2)cc1OC. The summed E-state index contributed by atoms with van der Waals surface area (Å²) in [6.45, 7) is 3.09. The van der Waals surface area contributed by atoms with Gasteiger partial charge in [-0.15, -0.1) is 0 Å². The van der Waals surface area contributed by atoms with Crippen LogP contribution in [0.5, 0.6) is 17.2 Å². The van der Waals surface area contributed by atoms with Gasteiger partial charge in [-0.05, 0) is 42.3 Å². The Kier molecular flexibility index (Phi) is 6.49. The van der Waals surface area contributed by atoms with Crippen molar-refractivity contribution in [2.45, 2.75) is 19.9 Å². The van der Waals surface area contributed by atoms with Crippen LogP contribution in [0, 0.1) is 0 Å². The summed E-state index contributed by atoms with van der Waals surface area (Å²) in [5.41, 5.74) is 1.50. The van der Waals surface area contributed by atoms with E-state index in [2.05, 4.69) is 12.2 Å². The summed E-state index contributed by atoms with van der Waals surface area (Å²) >= 11 is 0. The predicted octanol–water partition coefficient (Wildman–Crippen LogP) is 3.42. The highest BCUT2D eigenvalue weighted by atomic mass is 16.5. The Morgan fingerprint density at radius 2 is 1.88 bits per heavy atom. The molecule has 5 heteroatoms. The average molecular weight is 329 g/mol. The van der Waals surface area contributed by atoms with E-state index in [0.29, 0.717) is 36.0 Å². The number of carbonyl (C=O) groups is 1. The highest BCUT2D eigenvalue weighted by Crippen LogP contribution is 2.28. The molecule has 0 unspecified atom stereocenters. The third-order valence-electron chi connectivity index (χ3n) is 3.47. The van der Waals surface area contributed by atoms with Crippen LogP contribution in [0.15, 0.2) is 42.5 Å². The molecule has 2 aromatic rings. The Morgan fingerprint density at radius 1 is 1.04 bits per heavy atom. The van der Waals surface area contributed by atoms with Gasteiger partial charge in [0.25, 0.3) is 5.91 Å². The lowest BCUT2D eigenvalue weighted by Crippen LogP contribution is -2.22. The molecule has 0 spiro atoms. The Morgan fingerprint density at radius 3 is 2.58 bits per heavy atom. The maximum absolute atomic E-state index is 12.2. The second-order valence-electron chi connectivity index (χ2n) is 5.25. The molecule has 0 aromatic heterocycles. The maximum Gasteiger partial charge on any atom is 0.251 e. The third kappa shape index (κ3) is 4.65. The summed E-state index contributed by atoms with van der Waals surface area (Å²) in [6.07, 6.45) is 0.932. The lowest BCUT2D eigenvalue weighted by Gasteiger charge is -2.12. The Hall–Kier alpha value is -2.69. The minimum Gasteiger partial charge on any atom is -0.497 e. The lowest BCUT2D eigenvalue weighted by molar-refractivity contribution is 0.0950. The normalized spacial score (nSPS) is 10.1. The molecule has 0 heterocycles. The summed E-state index contributed by atoms with van der Waals surface area (Å²) in [7, 11) is 3.18. The fourth-order valence-electron chi connectivity index (χ4n) is 2.20. The molecule has 0 aliphatic heterocycles. The van der Waals surface area contributed by atoms with Gasteiger partial charge >= 0.3 is 0 Å². The van der Waals surface area contributed by atoms with Crippen molar-refractivity contribution in [3.05, 3.63) is 53.6 Å². The van der Waals surface area contributed by atoms with Gasteiger partial charge in [0, 0.05) is 12.1 Å². The molecule has 1 amide bonds. The third-order valence-corrected chi connectivity index (χ3v) is 3.47. The molecule has 5 nitrogen and oxygen atoms in total. The Labute approximate surface area is 142 Å². The first-order valence-electron chi connectivity index (χ1n) is 7.90. The number of benzene rings is 2. The van der Waals surface area contributed by atoms with Gasteiger partial charge < -0.3 is 19.5 Å². The van der Waals surface area contributed by atoms with Gasteiger partial charge in [-0.1, -0.05) is 19.1 Å². The van der Waals surface area contributed by atoms with Crippen LogP contribution in [-0.2, 0) is 6.54 Å². The zero-order valence-corrected chi connectivity index (χ0v) is 14.3. The summed E-state index contributed by atoms with van der Waals surface area (Å²) in [4.78, 5) is 12.2. The largest absolute Gasteiger partial charge is 0.497 e. The number of carbonyl (C=O) groups excluding carboxylic acids is 1. The smallest absolute Gasteiger partial charge is 0.251 e. The van der Waals surface area contributed by atoms with E-state index >= 15 is 0 Å². The van der Waals surface area contributed by atoms with Gasteiger partial charge in [0.05, 0.1) is 20.8 Å². The van der Waals surface area contributed by atoms with Crippen LogP contribution in [0.2, 0.25) is 0 Å². The van der Waals surface area contributed by atoms with Gasteiger partial charge in [0.2, 0.25) is 0 Å². The Balaban J connectivity index is 2.01. The van der Waals surface area contributed by atoms with Crippen molar-refractivity contribution >= 4 is 5.91 Å². The summed E-state index contributed by atoms with van der Waals surface area (Å²) < 4.78 is 16.1. The molecule has 0 bridgehead atoms. The summed E-state index contributed by atoms with van der Waals surface area (Å²) in [5, 5.41) is 2.89. The van der Waals surface area contributed by atoms with Crippen LogP contribution < -0.4 is 19.5 Å². The van der Waals surface area contributed by atoms with Gasteiger partial charge in [-0.25, -0.2) is 0 Å². The van der Waals surface area contributed by atoms with E-state index in [1.807, 2.05) is 18.2 Å². The fraction of sp³-hybridized carbons (Fsp3) is 0.316.